The number of amides is 1. The Morgan fingerprint density at radius 2 is 2.18 bits per heavy atom. The first-order valence-corrected chi connectivity index (χ1v) is 9.44. The molecule has 2 atom stereocenters. The van der Waals surface area contributed by atoms with Crippen molar-refractivity contribution in [2.75, 3.05) is 10.6 Å². The maximum absolute atomic E-state index is 11.8. The molecule has 0 aromatic carbocycles. The van der Waals surface area contributed by atoms with E-state index in [1.807, 2.05) is 24.4 Å². The summed E-state index contributed by atoms with van der Waals surface area (Å²) < 4.78 is 1.67. The molecule has 0 unspecified atom stereocenters. The average Bonchev–Trinajstić information content (AvgIpc) is 3.08. The van der Waals surface area contributed by atoms with Crippen molar-refractivity contribution < 1.29 is 4.79 Å². The molecule has 1 aliphatic carbocycles. The number of nitrogens with zero attached hydrogens (tertiary/aromatic N) is 4. The van der Waals surface area contributed by atoms with E-state index in [4.69, 9.17) is 13.6 Å². The van der Waals surface area contributed by atoms with Crippen LogP contribution in [0.25, 0.3) is 5.65 Å². The average molecular weight is 375 g/mol. The predicted molar refractivity (Wildman–Crippen MR) is 109 cm³/mol. The fourth-order valence-corrected chi connectivity index (χ4v) is 3.71. The molecule has 1 saturated carbocycles. The number of carbonyl (C=O) groups excluding carboxylic acids is 1. The Hall–Kier alpha value is -3.10. The molecule has 3 aromatic heterocycles. The molecular formula is C19H22BN7O. The largest absolute Gasteiger partial charge is 0.369 e. The zero-order valence-corrected chi connectivity index (χ0v) is 15.5. The number of rotatable bonds is 6. The van der Waals surface area contributed by atoms with Crippen LogP contribution in [0.3, 0.4) is 0 Å². The van der Waals surface area contributed by atoms with Crippen LogP contribution in [0, 0.1) is 5.92 Å². The zero-order chi connectivity index (χ0) is 19.5. The number of carbonyl (C=O) groups is 1. The second-order valence-corrected chi connectivity index (χ2v) is 7.12. The van der Waals surface area contributed by atoms with Crippen molar-refractivity contribution in [1.29, 1.82) is 0 Å². The minimum atomic E-state index is -0.267. The Labute approximate surface area is 164 Å². The van der Waals surface area contributed by atoms with E-state index in [1.54, 1.807) is 16.9 Å². The number of nitrogens with two attached hydrogens (primary N) is 1. The van der Waals surface area contributed by atoms with Gasteiger partial charge in [-0.25, -0.2) is 4.98 Å². The molecule has 28 heavy (non-hydrogen) atoms. The van der Waals surface area contributed by atoms with Gasteiger partial charge >= 0.3 is 0 Å². The molecule has 1 fully saturated rings. The summed E-state index contributed by atoms with van der Waals surface area (Å²) in [5.74, 6) is 0.934. The van der Waals surface area contributed by atoms with E-state index in [9.17, 15) is 4.79 Å². The quantitative estimate of drug-likeness (QED) is 0.554. The highest BCUT2D eigenvalue weighted by Gasteiger charge is 2.29. The number of pyridine rings is 1. The van der Waals surface area contributed by atoms with Gasteiger partial charge < -0.3 is 16.4 Å². The molecule has 3 aromatic rings. The Bertz CT molecular complexity index is 975. The standard InChI is InChI=1S/C19H22BN7O/c20-14-11-24-27-17(23-10-12-4-3-7-22-9-12)8-16(26-19(14)27)25-15-6-2-1-5-13(15)18(21)28/h3-4,7-9,11,13,15,23H,1-2,5-6,10H2,(H2,21,28)(H,25,26)/t13-,15+/m0/s1. The van der Waals surface area contributed by atoms with Crippen LogP contribution in [0.1, 0.15) is 31.2 Å². The van der Waals surface area contributed by atoms with Gasteiger partial charge in [0, 0.05) is 37.2 Å². The summed E-state index contributed by atoms with van der Waals surface area (Å²) in [6.45, 7) is 0.583. The monoisotopic (exact) mass is 375 g/mol. The molecule has 1 amide bonds. The third kappa shape index (κ3) is 3.78. The topological polar surface area (TPSA) is 110 Å². The van der Waals surface area contributed by atoms with E-state index in [0.717, 1.165) is 37.1 Å². The first-order chi connectivity index (χ1) is 13.6. The highest BCUT2D eigenvalue weighted by Crippen LogP contribution is 2.27. The second kappa shape index (κ2) is 7.88. The summed E-state index contributed by atoms with van der Waals surface area (Å²) >= 11 is 0. The number of anilines is 2. The van der Waals surface area contributed by atoms with Crippen LogP contribution >= 0.6 is 0 Å². The second-order valence-electron chi connectivity index (χ2n) is 7.12. The zero-order valence-electron chi connectivity index (χ0n) is 15.5. The van der Waals surface area contributed by atoms with Crippen LogP contribution in [-0.4, -0.2) is 39.4 Å². The fraction of sp³-hybridized carbons (Fsp3) is 0.368. The Morgan fingerprint density at radius 3 is 2.96 bits per heavy atom. The molecule has 1 aliphatic rings. The smallest absolute Gasteiger partial charge is 0.222 e. The van der Waals surface area contributed by atoms with Crippen LogP contribution in [0.5, 0.6) is 0 Å². The van der Waals surface area contributed by atoms with Crippen molar-refractivity contribution in [2.45, 2.75) is 38.3 Å². The van der Waals surface area contributed by atoms with Crippen molar-refractivity contribution >= 4 is 36.5 Å². The minimum absolute atomic E-state index is 0.0310. The molecule has 0 saturated heterocycles. The minimum Gasteiger partial charge on any atom is -0.369 e. The van der Waals surface area contributed by atoms with Crippen LogP contribution in [0.15, 0.2) is 36.8 Å². The SMILES string of the molecule is [B]c1cnn2c(NCc3cccnc3)cc(N[C@@H]3CCCC[C@@H]3C(N)=O)nc12. The van der Waals surface area contributed by atoms with Gasteiger partial charge in [-0.2, -0.15) is 9.61 Å². The third-order valence-electron chi connectivity index (χ3n) is 5.16. The molecule has 3 heterocycles. The first kappa shape index (κ1) is 18.3. The summed E-state index contributed by atoms with van der Waals surface area (Å²) in [6.07, 6.45) is 8.89. The molecule has 9 heteroatoms. The summed E-state index contributed by atoms with van der Waals surface area (Å²) in [4.78, 5) is 20.5. The molecule has 142 valence electrons. The Kier molecular flexibility index (Phi) is 5.14. The van der Waals surface area contributed by atoms with Crippen molar-refractivity contribution in [3.8, 4) is 0 Å². The molecule has 4 N–H and O–H groups in total. The van der Waals surface area contributed by atoms with Gasteiger partial charge in [-0.1, -0.05) is 18.9 Å². The van der Waals surface area contributed by atoms with Gasteiger partial charge in [0.15, 0.2) is 5.65 Å². The van der Waals surface area contributed by atoms with Crippen LogP contribution in [0.2, 0.25) is 0 Å². The Morgan fingerprint density at radius 1 is 1.32 bits per heavy atom. The van der Waals surface area contributed by atoms with E-state index in [0.29, 0.717) is 23.5 Å². The molecule has 4 rings (SSSR count). The maximum atomic E-state index is 11.8. The summed E-state index contributed by atoms with van der Waals surface area (Å²) in [5.41, 5.74) is 7.69. The number of nitrogens with one attached hydrogen (secondary N) is 2. The van der Waals surface area contributed by atoms with E-state index in [1.165, 1.54) is 0 Å². The van der Waals surface area contributed by atoms with Crippen molar-refractivity contribution in [2.24, 2.45) is 11.7 Å². The molecule has 2 radical (unpaired) electrons. The van der Waals surface area contributed by atoms with E-state index < -0.39 is 0 Å². The van der Waals surface area contributed by atoms with Gasteiger partial charge in [0.2, 0.25) is 5.91 Å². The molecular weight excluding hydrogens is 353 g/mol. The van der Waals surface area contributed by atoms with Crippen LogP contribution in [0.4, 0.5) is 11.6 Å². The van der Waals surface area contributed by atoms with E-state index in [-0.39, 0.29) is 17.9 Å². The van der Waals surface area contributed by atoms with E-state index in [2.05, 4.69) is 25.7 Å². The van der Waals surface area contributed by atoms with Crippen molar-refractivity contribution in [3.63, 3.8) is 0 Å². The van der Waals surface area contributed by atoms with Gasteiger partial charge in [0.25, 0.3) is 0 Å². The normalized spacial score (nSPS) is 19.4. The highest BCUT2D eigenvalue weighted by molar-refractivity contribution is 6.36. The number of aromatic nitrogens is 4. The maximum Gasteiger partial charge on any atom is 0.222 e. The lowest BCUT2D eigenvalue weighted by Crippen LogP contribution is -2.40. The molecule has 0 bridgehead atoms. The molecule has 0 spiro atoms. The lowest BCUT2D eigenvalue weighted by molar-refractivity contribution is -0.122. The van der Waals surface area contributed by atoms with Gasteiger partial charge in [0.1, 0.15) is 19.5 Å². The van der Waals surface area contributed by atoms with Crippen molar-refractivity contribution in [3.05, 3.63) is 42.4 Å². The summed E-state index contributed by atoms with van der Waals surface area (Å²) in [5, 5.41) is 11.1. The van der Waals surface area contributed by atoms with Gasteiger partial charge in [0.05, 0.1) is 5.92 Å². The number of primary amides is 1. The summed E-state index contributed by atoms with van der Waals surface area (Å²) in [7, 11) is 6.04. The van der Waals surface area contributed by atoms with Gasteiger partial charge in [-0.15, -0.1) is 0 Å². The Balaban J connectivity index is 1.61. The van der Waals surface area contributed by atoms with Gasteiger partial charge in [-0.05, 0) is 29.9 Å². The highest BCUT2D eigenvalue weighted by atomic mass is 16.1. The van der Waals surface area contributed by atoms with E-state index >= 15 is 0 Å². The predicted octanol–water partition coefficient (Wildman–Crippen LogP) is 0.986. The van der Waals surface area contributed by atoms with Crippen LogP contribution < -0.4 is 21.8 Å². The number of hydrogen-bond donors (Lipinski definition) is 3. The first-order valence-electron chi connectivity index (χ1n) is 9.44. The summed E-state index contributed by atoms with van der Waals surface area (Å²) in [6, 6.07) is 5.73. The number of fused-ring (bicyclic) bond motifs is 1. The molecule has 8 nitrogen and oxygen atoms in total. The fourth-order valence-electron chi connectivity index (χ4n) is 3.71. The molecule has 0 aliphatic heterocycles. The lowest BCUT2D eigenvalue weighted by atomic mass is 9.84. The van der Waals surface area contributed by atoms with Crippen LogP contribution in [-0.2, 0) is 11.3 Å². The van der Waals surface area contributed by atoms with Crippen molar-refractivity contribution in [1.82, 2.24) is 19.6 Å². The number of hydrogen-bond acceptors (Lipinski definition) is 6. The third-order valence-corrected chi connectivity index (χ3v) is 5.16. The lowest BCUT2D eigenvalue weighted by Gasteiger charge is -2.30. The van der Waals surface area contributed by atoms with Gasteiger partial charge in [-0.3, -0.25) is 9.78 Å².